The number of fused-ring (bicyclic) bond motifs is 1. The van der Waals surface area contributed by atoms with Gasteiger partial charge in [-0.2, -0.15) is 9.40 Å². The van der Waals surface area contributed by atoms with Gasteiger partial charge in [-0.05, 0) is 25.2 Å². The van der Waals surface area contributed by atoms with E-state index in [4.69, 9.17) is 5.11 Å². The molecule has 2 fully saturated rings. The molecule has 0 bridgehead atoms. The molecule has 2 heterocycles. The van der Waals surface area contributed by atoms with E-state index in [-0.39, 0.29) is 17.5 Å². The second-order valence-corrected chi connectivity index (χ2v) is 7.67. The third-order valence-corrected chi connectivity index (χ3v) is 6.35. The minimum Gasteiger partial charge on any atom is -0.480 e. The molecule has 0 aromatic carbocycles. The van der Waals surface area contributed by atoms with Gasteiger partial charge >= 0.3 is 5.97 Å². The second kappa shape index (κ2) is 5.42. The molecule has 2 atom stereocenters. The quantitative estimate of drug-likeness (QED) is 0.892. The molecule has 8 heteroatoms. The molecular formula is C13H19N3O4S. The number of hydrogen-bond donors (Lipinski definition) is 1. The average molecular weight is 313 g/mol. The lowest BCUT2D eigenvalue weighted by molar-refractivity contribution is -0.137. The maximum Gasteiger partial charge on any atom is 0.325 e. The van der Waals surface area contributed by atoms with Gasteiger partial charge in [-0.3, -0.25) is 9.48 Å². The number of sulfonamides is 1. The standard InChI is InChI=1S/C13H19N3O4S/c17-13(18)9-15-8-11(7-14-15)21(19,20)16-6-5-10-3-1-2-4-12(10)16/h7-8,10,12H,1-6,9H2,(H,17,18). The minimum atomic E-state index is -3.57. The van der Waals surface area contributed by atoms with Gasteiger partial charge < -0.3 is 5.11 Å². The van der Waals surface area contributed by atoms with Crippen LogP contribution in [-0.4, -0.2) is 46.2 Å². The number of carboxylic acid groups (broad SMARTS) is 1. The summed E-state index contributed by atoms with van der Waals surface area (Å²) in [5.41, 5.74) is 0. The van der Waals surface area contributed by atoms with E-state index in [9.17, 15) is 13.2 Å². The highest BCUT2D eigenvalue weighted by atomic mass is 32.2. The molecule has 1 aromatic rings. The van der Waals surface area contributed by atoms with Crippen molar-refractivity contribution in [3.8, 4) is 0 Å². The molecule has 1 saturated carbocycles. The fraction of sp³-hybridized carbons (Fsp3) is 0.692. The number of rotatable bonds is 4. The third-order valence-electron chi connectivity index (χ3n) is 4.47. The van der Waals surface area contributed by atoms with Crippen LogP contribution in [0.4, 0.5) is 0 Å². The van der Waals surface area contributed by atoms with Gasteiger partial charge in [0.15, 0.2) is 0 Å². The minimum absolute atomic E-state index is 0.0926. The monoisotopic (exact) mass is 313 g/mol. The Morgan fingerprint density at radius 2 is 2.10 bits per heavy atom. The summed E-state index contributed by atoms with van der Waals surface area (Å²) in [5.74, 6) is -0.571. The van der Waals surface area contributed by atoms with Crippen molar-refractivity contribution in [2.45, 2.75) is 49.6 Å². The van der Waals surface area contributed by atoms with E-state index in [1.807, 2.05) is 0 Å². The van der Waals surface area contributed by atoms with E-state index in [1.54, 1.807) is 4.31 Å². The van der Waals surface area contributed by atoms with E-state index in [2.05, 4.69) is 5.10 Å². The Kier molecular flexibility index (Phi) is 3.75. The Morgan fingerprint density at radius 1 is 1.33 bits per heavy atom. The molecule has 1 aromatic heterocycles. The number of carboxylic acids is 1. The van der Waals surface area contributed by atoms with Crippen molar-refractivity contribution >= 4 is 16.0 Å². The number of aliphatic carboxylic acids is 1. The summed E-state index contributed by atoms with van der Waals surface area (Å²) in [6.07, 6.45) is 7.76. The number of carbonyl (C=O) groups is 1. The molecule has 0 spiro atoms. The van der Waals surface area contributed by atoms with Crippen LogP contribution in [0.2, 0.25) is 0 Å². The van der Waals surface area contributed by atoms with Gasteiger partial charge in [0, 0.05) is 18.8 Å². The normalized spacial score (nSPS) is 26.7. The Bertz CT molecular complexity index is 640. The van der Waals surface area contributed by atoms with Gasteiger partial charge in [-0.15, -0.1) is 0 Å². The van der Waals surface area contributed by atoms with E-state index in [1.165, 1.54) is 18.8 Å². The summed E-state index contributed by atoms with van der Waals surface area (Å²) < 4.78 is 28.2. The molecule has 1 saturated heterocycles. The first-order valence-electron chi connectivity index (χ1n) is 7.24. The molecule has 3 rings (SSSR count). The molecule has 0 amide bonds. The summed E-state index contributed by atoms with van der Waals surface area (Å²) in [6, 6.07) is 0.103. The van der Waals surface area contributed by atoms with Crippen molar-refractivity contribution in [3.63, 3.8) is 0 Å². The molecule has 2 unspecified atom stereocenters. The molecular weight excluding hydrogens is 294 g/mol. The Labute approximate surface area is 123 Å². The SMILES string of the molecule is O=C(O)Cn1cc(S(=O)(=O)N2CCC3CCCCC32)cn1. The summed E-state index contributed by atoms with van der Waals surface area (Å²) >= 11 is 0. The van der Waals surface area contributed by atoms with Crippen LogP contribution in [-0.2, 0) is 21.4 Å². The molecule has 1 aliphatic carbocycles. The van der Waals surface area contributed by atoms with Crippen LogP contribution in [0.15, 0.2) is 17.3 Å². The van der Waals surface area contributed by atoms with Gasteiger partial charge in [0.05, 0.1) is 6.20 Å². The topological polar surface area (TPSA) is 92.5 Å². The molecule has 2 aliphatic rings. The Balaban J connectivity index is 1.83. The smallest absolute Gasteiger partial charge is 0.325 e. The highest BCUT2D eigenvalue weighted by molar-refractivity contribution is 7.89. The summed E-state index contributed by atoms with van der Waals surface area (Å²) in [7, 11) is -3.57. The molecule has 0 radical (unpaired) electrons. The zero-order valence-electron chi connectivity index (χ0n) is 11.7. The first-order valence-corrected chi connectivity index (χ1v) is 8.68. The summed E-state index contributed by atoms with van der Waals surface area (Å²) in [4.78, 5) is 10.7. The third kappa shape index (κ3) is 2.69. The fourth-order valence-electron chi connectivity index (χ4n) is 3.50. The van der Waals surface area contributed by atoms with Crippen LogP contribution in [0.5, 0.6) is 0 Å². The molecule has 116 valence electrons. The summed E-state index contributed by atoms with van der Waals surface area (Å²) in [5, 5.41) is 12.6. The number of hydrogen-bond acceptors (Lipinski definition) is 4. The first kappa shape index (κ1) is 14.5. The van der Waals surface area contributed by atoms with Crippen LogP contribution in [0, 0.1) is 5.92 Å². The lowest BCUT2D eigenvalue weighted by Gasteiger charge is -2.30. The van der Waals surface area contributed by atoms with Crippen molar-refractivity contribution < 1.29 is 18.3 Å². The molecule has 1 N–H and O–H groups in total. The number of nitrogens with zero attached hydrogens (tertiary/aromatic N) is 3. The van der Waals surface area contributed by atoms with Crippen LogP contribution in [0.25, 0.3) is 0 Å². The maximum absolute atomic E-state index is 12.7. The highest BCUT2D eigenvalue weighted by Crippen LogP contribution is 2.38. The van der Waals surface area contributed by atoms with E-state index in [0.29, 0.717) is 12.5 Å². The van der Waals surface area contributed by atoms with Gasteiger partial charge in [0.1, 0.15) is 11.4 Å². The van der Waals surface area contributed by atoms with Crippen LogP contribution in [0.1, 0.15) is 32.1 Å². The van der Waals surface area contributed by atoms with Crippen molar-refractivity contribution in [3.05, 3.63) is 12.4 Å². The summed E-state index contributed by atoms with van der Waals surface area (Å²) in [6.45, 7) is 0.226. The first-order chi connectivity index (χ1) is 9.98. The molecule has 1 aliphatic heterocycles. The van der Waals surface area contributed by atoms with E-state index >= 15 is 0 Å². The van der Waals surface area contributed by atoms with Crippen LogP contribution >= 0.6 is 0 Å². The maximum atomic E-state index is 12.7. The average Bonchev–Trinajstić information content (AvgIpc) is 3.04. The zero-order chi connectivity index (χ0) is 15.0. The van der Waals surface area contributed by atoms with Gasteiger partial charge in [0.2, 0.25) is 10.0 Å². The van der Waals surface area contributed by atoms with Crippen molar-refractivity contribution in [1.29, 1.82) is 0 Å². The zero-order valence-corrected chi connectivity index (χ0v) is 12.5. The lowest BCUT2D eigenvalue weighted by Crippen LogP contribution is -2.39. The number of aromatic nitrogens is 2. The Morgan fingerprint density at radius 3 is 2.86 bits per heavy atom. The lowest BCUT2D eigenvalue weighted by atomic mass is 9.86. The van der Waals surface area contributed by atoms with Crippen molar-refractivity contribution in [2.24, 2.45) is 5.92 Å². The molecule has 7 nitrogen and oxygen atoms in total. The Hall–Kier alpha value is -1.41. The second-order valence-electron chi connectivity index (χ2n) is 5.78. The fourth-order valence-corrected chi connectivity index (χ4v) is 5.19. The predicted molar refractivity (Wildman–Crippen MR) is 74.1 cm³/mol. The predicted octanol–water partition coefficient (Wildman–Crippen LogP) is 0.921. The van der Waals surface area contributed by atoms with Gasteiger partial charge in [0.25, 0.3) is 0 Å². The van der Waals surface area contributed by atoms with Crippen LogP contribution in [0.3, 0.4) is 0 Å². The van der Waals surface area contributed by atoms with E-state index < -0.39 is 16.0 Å². The van der Waals surface area contributed by atoms with Crippen LogP contribution < -0.4 is 0 Å². The van der Waals surface area contributed by atoms with Crippen molar-refractivity contribution in [1.82, 2.24) is 14.1 Å². The van der Waals surface area contributed by atoms with E-state index in [0.717, 1.165) is 30.4 Å². The molecule has 21 heavy (non-hydrogen) atoms. The van der Waals surface area contributed by atoms with Gasteiger partial charge in [-0.25, -0.2) is 8.42 Å². The largest absolute Gasteiger partial charge is 0.480 e. The van der Waals surface area contributed by atoms with Gasteiger partial charge in [-0.1, -0.05) is 12.8 Å². The van der Waals surface area contributed by atoms with Crippen molar-refractivity contribution in [2.75, 3.05) is 6.54 Å². The highest BCUT2D eigenvalue weighted by Gasteiger charge is 2.42.